The van der Waals surface area contributed by atoms with Crippen molar-refractivity contribution in [1.82, 2.24) is 20.6 Å². The maximum absolute atomic E-state index is 12.3. The molecule has 0 bridgehead atoms. The highest BCUT2D eigenvalue weighted by atomic mass is 16.5. The number of aromatic amines is 1. The second kappa shape index (κ2) is 16.8. The molecule has 0 aliphatic heterocycles. The van der Waals surface area contributed by atoms with Gasteiger partial charge in [-0.3, -0.25) is 19.2 Å². The van der Waals surface area contributed by atoms with Crippen molar-refractivity contribution in [2.75, 3.05) is 39.5 Å². The summed E-state index contributed by atoms with van der Waals surface area (Å²) in [4.78, 5) is 52.9. The lowest BCUT2D eigenvalue weighted by Gasteiger charge is -2.15. The van der Waals surface area contributed by atoms with Crippen LogP contribution in [-0.2, 0) is 35.1 Å². The van der Waals surface area contributed by atoms with Crippen LogP contribution in [0.15, 0.2) is 12.5 Å². The number of rotatable bonds is 19. The largest absolute Gasteiger partial charge is 0.481 e. The molecule has 0 fully saturated rings. The fourth-order valence-electron chi connectivity index (χ4n) is 2.93. The van der Waals surface area contributed by atoms with Gasteiger partial charge in [-0.1, -0.05) is 6.42 Å². The Balaban J connectivity index is 2.10. The lowest BCUT2D eigenvalue weighted by Crippen LogP contribution is -2.35. The maximum Gasteiger partial charge on any atom is 0.306 e. The number of carboxylic acid groups (broad SMARTS) is 1. The summed E-state index contributed by atoms with van der Waals surface area (Å²) in [5.74, 6) is -2.54. The zero-order chi connectivity index (χ0) is 24.5. The molecule has 0 radical (unpaired) electrons. The number of unbranched alkanes of at least 4 members (excludes halogenated alkanes) is 1. The molecule has 0 aliphatic rings. The predicted molar refractivity (Wildman–Crippen MR) is 118 cm³/mol. The lowest BCUT2D eigenvalue weighted by molar-refractivity contribution is -0.144. The van der Waals surface area contributed by atoms with Crippen LogP contribution in [0.4, 0.5) is 0 Å². The van der Waals surface area contributed by atoms with Crippen LogP contribution >= 0.6 is 0 Å². The molecule has 0 saturated heterocycles. The number of hydrogen-bond acceptors (Lipinski definition) is 8. The molecule has 0 aromatic carbocycles. The second-order valence-electron chi connectivity index (χ2n) is 7.59. The number of carbonyl (C=O) groups excluding carboxylic acids is 3. The molecule has 1 aromatic heterocycles. The number of hydrogen-bond donors (Lipinski definition) is 5. The summed E-state index contributed by atoms with van der Waals surface area (Å²) in [6, 6.07) is -0.783. The number of imidazole rings is 1. The quantitative estimate of drug-likeness (QED) is 0.165. The Bertz CT molecular complexity index is 727. The standard InChI is InChI=1S/C21H35N5O7/c1-15(27)24-6-7-32-8-9-33-13-20(29)25-5-3-2-4-16(21(30)31)10-19(28)18(22)11-17-12-23-14-26-17/h12,14,16,18H,2-11,13,22H2,1H3,(H,23,26)(H,24,27)(H,25,29)(H,30,31)/t16-,18+/m1/s1. The van der Waals surface area contributed by atoms with Gasteiger partial charge in [0.1, 0.15) is 6.61 Å². The highest BCUT2D eigenvalue weighted by molar-refractivity contribution is 5.87. The Hall–Kier alpha value is -2.83. The van der Waals surface area contributed by atoms with E-state index < -0.39 is 17.9 Å². The number of amides is 2. The number of nitrogens with two attached hydrogens (primary N) is 1. The van der Waals surface area contributed by atoms with Gasteiger partial charge in [0.05, 0.1) is 38.1 Å². The smallest absolute Gasteiger partial charge is 0.306 e. The van der Waals surface area contributed by atoms with E-state index >= 15 is 0 Å². The Morgan fingerprint density at radius 1 is 1.12 bits per heavy atom. The van der Waals surface area contributed by atoms with E-state index in [9.17, 15) is 24.3 Å². The maximum atomic E-state index is 12.3. The van der Waals surface area contributed by atoms with Crippen LogP contribution in [-0.4, -0.2) is 84.2 Å². The van der Waals surface area contributed by atoms with Crippen molar-refractivity contribution < 1.29 is 33.8 Å². The van der Waals surface area contributed by atoms with Crippen molar-refractivity contribution in [3.63, 3.8) is 0 Å². The summed E-state index contributed by atoms with van der Waals surface area (Å²) in [6.07, 6.45) is 4.66. The molecule has 1 aromatic rings. The second-order valence-corrected chi connectivity index (χ2v) is 7.59. The fraction of sp³-hybridized carbons (Fsp3) is 0.667. The molecule has 0 saturated carbocycles. The number of nitrogens with zero attached hydrogens (tertiary/aromatic N) is 1. The number of aromatic nitrogens is 2. The van der Waals surface area contributed by atoms with Crippen LogP contribution in [0.1, 0.15) is 38.3 Å². The minimum Gasteiger partial charge on any atom is -0.481 e. The first kappa shape index (κ1) is 28.2. The third-order valence-electron chi connectivity index (χ3n) is 4.73. The zero-order valence-corrected chi connectivity index (χ0v) is 19.0. The van der Waals surface area contributed by atoms with E-state index in [0.29, 0.717) is 45.6 Å². The normalized spacial score (nSPS) is 12.7. The van der Waals surface area contributed by atoms with E-state index in [1.165, 1.54) is 13.3 Å². The fourth-order valence-corrected chi connectivity index (χ4v) is 2.93. The minimum absolute atomic E-state index is 0.102. The number of ketones is 1. The zero-order valence-electron chi connectivity index (χ0n) is 19.0. The van der Waals surface area contributed by atoms with Crippen molar-refractivity contribution in [1.29, 1.82) is 0 Å². The van der Waals surface area contributed by atoms with Gasteiger partial charge in [0.25, 0.3) is 0 Å². The molecule has 6 N–H and O–H groups in total. The Labute approximate surface area is 193 Å². The molecule has 12 nitrogen and oxygen atoms in total. The topological polar surface area (TPSA) is 186 Å². The van der Waals surface area contributed by atoms with E-state index in [4.69, 9.17) is 15.2 Å². The van der Waals surface area contributed by atoms with Crippen molar-refractivity contribution in [3.05, 3.63) is 18.2 Å². The van der Waals surface area contributed by atoms with E-state index in [1.54, 1.807) is 6.20 Å². The van der Waals surface area contributed by atoms with Crippen molar-refractivity contribution in [2.45, 2.75) is 45.1 Å². The number of carboxylic acids is 1. The van der Waals surface area contributed by atoms with Gasteiger partial charge >= 0.3 is 5.97 Å². The molecular formula is C21H35N5O7. The van der Waals surface area contributed by atoms with Crippen molar-refractivity contribution >= 4 is 23.6 Å². The van der Waals surface area contributed by atoms with E-state index in [1.807, 2.05) is 0 Å². The first-order valence-electron chi connectivity index (χ1n) is 10.9. The highest BCUT2D eigenvalue weighted by Gasteiger charge is 2.24. The number of nitrogens with one attached hydrogen (secondary N) is 3. The van der Waals surface area contributed by atoms with E-state index in [2.05, 4.69) is 20.6 Å². The van der Waals surface area contributed by atoms with Crippen molar-refractivity contribution in [3.8, 4) is 0 Å². The van der Waals surface area contributed by atoms with Gasteiger partial charge in [-0.2, -0.15) is 0 Å². The molecule has 186 valence electrons. The molecular weight excluding hydrogens is 434 g/mol. The van der Waals surface area contributed by atoms with Crippen LogP contribution in [0.3, 0.4) is 0 Å². The molecule has 2 amide bonds. The van der Waals surface area contributed by atoms with Gasteiger partial charge in [-0.15, -0.1) is 0 Å². The van der Waals surface area contributed by atoms with Gasteiger partial charge in [0.2, 0.25) is 11.8 Å². The van der Waals surface area contributed by atoms with Crippen LogP contribution in [0.25, 0.3) is 0 Å². The molecule has 0 spiro atoms. The first-order chi connectivity index (χ1) is 15.8. The average Bonchev–Trinajstić information content (AvgIpc) is 3.27. The van der Waals surface area contributed by atoms with E-state index in [-0.39, 0.29) is 43.7 Å². The van der Waals surface area contributed by atoms with Crippen LogP contribution < -0.4 is 16.4 Å². The van der Waals surface area contributed by atoms with E-state index in [0.717, 1.165) is 5.69 Å². The third-order valence-corrected chi connectivity index (χ3v) is 4.73. The molecule has 0 aliphatic carbocycles. The predicted octanol–water partition coefficient (Wildman–Crippen LogP) is -0.605. The van der Waals surface area contributed by atoms with Crippen molar-refractivity contribution in [2.24, 2.45) is 11.7 Å². The summed E-state index contributed by atoms with van der Waals surface area (Å²) in [7, 11) is 0. The summed E-state index contributed by atoms with van der Waals surface area (Å²) < 4.78 is 10.4. The van der Waals surface area contributed by atoms with Crippen LogP contribution in [0.2, 0.25) is 0 Å². The first-order valence-corrected chi connectivity index (χ1v) is 10.9. The Morgan fingerprint density at radius 2 is 1.88 bits per heavy atom. The molecule has 1 rings (SSSR count). The summed E-state index contributed by atoms with van der Waals surface area (Å²) >= 11 is 0. The minimum atomic E-state index is -1.03. The molecule has 2 atom stereocenters. The van der Waals surface area contributed by atoms with Crippen LogP contribution in [0, 0.1) is 5.92 Å². The number of aliphatic carboxylic acids is 1. The Kier molecular flexibility index (Phi) is 14.3. The lowest BCUT2D eigenvalue weighted by atomic mass is 9.92. The van der Waals surface area contributed by atoms with Gasteiger partial charge in [0.15, 0.2) is 5.78 Å². The average molecular weight is 470 g/mol. The molecule has 33 heavy (non-hydrogen) atoms. The number of H-pyrrole nitrogens is 1. The summed E-state index contributed by atoms with van der Waals surface area (Å²) in [6.45, 7) is 3.07. The van der Waals surface area contributed by atoms with Gasteiger partial charge in [-0.25, -0.2) is 4.98 Å². The molecule has 12 heteroatoms. The molecule has 0 unspecified atom stereocenters. The summed E-state index contributed by atoms with van der Waals surface area (Å²) in [5, 5.41) is 14.7. The Morgan fingerprint density at radius 3 is 2.55 bits per heavy atom. The van der Waals surface area contributed by atoms with Crippen LogP contribution in [0.5, 0.6) is 0 Å². The number of Topliss-reactive ketones (excluding diaryl/α,β-unsaturated/α-hetero) is 1. The number of ether oxygens (including phenoxy) is 2. The third kappa shape index (κ3) is 14.0. The summed E-state index contributed by atoms with van der Waals surface area (Å²) in [5.41, 5.74) is 6.60. The molecule has 1 heterocycles. The number of carbonyl (C=O) groups is 4. The SMILES string of the molecule is CC(=O)NCCOCCOCC(=O)NCCCC[C@H](CC(=O)[C@@H](N)Cc1cnc[nH]1)C(=O)O. The highest BCUT2D eigenvalue weighted by Crippen LogP contribution is 2.15. The van der Waals surface area contributed by atoms with Gasteiger partial charge in [-0.05, 0) is 12.8 Å². The van der Waals surface area contributed by atoms with Gasteiger partial charge < -0.3 is 35.9 Å². The van der Waals surface area contributed by atoms with Gasteiger partial charge in [0, 0.05) is 44.7 Å². The monoisotopic (exact) mass is 469 g/mol.